The minimum Gasteiger partial charge on any atom is -0.385 e. The van der Waals surface area contributed by atoms with Crippen LogP contribution in [0, 0.1) is 5.92 Å². The molecule has 0 aliphatic carbocycles. The number of carbonyl (C=O) groups is 1. The van der Waals surface area contributed by atoms with E-state index in [-0.39, 0.29) is 6.03 Å². The summed E-state index contributed by atoms with van der Waals surface area (Å²) in [5.74, 6) is 0.586. The third-order valence-electron chi connectivity index (χ3n) is 3.86. The summed E-state index contributed by atoms with van der Waals surface area (Å²) in [5, 5.41) is 6.28. The van der Waals surface area contributed by atoms with Gasteiger partial charge >= 0.3 is 6.03 Å². The molecule has 2 fully saturated rings. The average Bonchev–Trinajstić information content (AvgIpc) is 2.93. The molecular formula is C15H21N3O2. The summed E-state index contributed by atoms with van der Waals surface area (Å²) in [5.41, 5.74) is 2.01. The number of anilines is 2. The Morgan fingerprint density at radius 3 is 3.15 bits per heavy atom. The van der Waals surface area contributed by atoms with Gasteiger partial charge in [-0.3, -0.25) is 4.90 Å². The van der Waals surface area contributed by atoms with Crippen LogP contribution in [0.2, 0.25) is 0 Å². The molecule has 0 aromatic heterocycles. The standard InChI is InChI=1S/C15H21N3O2/c19-15-16-6-7-18(15)14-5-1-4-13(9-14)17-10-12-3-2-8-20-11-12/h1,4-5,9,12,17H,2-3,6-8,10-11H2,(H,16,19). The quantitative estimate of drug-likeness (QED) is 0.884. The number of hydrogen-bond acceptors (Lipinski definition) is 3. The molecule has 0 bridgehead atoms. The molecule has 1 unspecified atom stereocenters. The second-order valence-corrected chi connectivity index (χ2v) is 5.40. The Labute approximate surface area is 119 Å². The maximum absolute atomic E-state index is 11.7. The second kappa shape index (κ2) is 6.13. The van der Waals surface area contributed by atoms with E-state index >= 15 is 0 Å². The van der Waals surface area contributed by atoms with Gasteiger partial charge in [-0.15, -0.1) is 0 Å². The largest absolute Gasteiger partial charge is 0.385 e. The first-order valence-corrected chi connectivity index (χ1v) is 7.30. The van der Waals surface area contributed by atoms with Crippen LogP contribution in [-0.4, -0.2) is 38.9 Å². The average molecular weight is 275 g/mol. The number of urea groups is 1. The molecule has 2 aliphatic rings. The Balaban J connectivity index is 1.60. The van der Waals surface area contributed by atoms with Crippen LogP contribution in [-0.2, 0) is 4.74 Å². The fraction of sp³-hybridized carbons (Fsp3) is 0.533. The van der Waals surface area contributed by atoms with E-state index in [1.807, 2.05) is 24.3 Å². The molecule has 20 heavy (non-hydrogen) atoms. The van der Waals surface area contributed by atoms with Crippen molar-refractivity contribution in [2.75, 3.05) is 43.1 Å². The summed E-state index contributed by atoms with van der Waals surface area (Å²) >= 11 is 0. The van der Waals surface area contributed by atoms with Crippen molar-refractivity contribution in [3.63, 3.8) is 0 Å². The highest BCUT2D eigenvalue weighted by atomic mass is 16.5. The van der Waals surface area contributed by atoms with Crippen molar-refractivity contribution in [1.29, 1.82) is 0 Å². The van der Waals surface area contributed by atoms with Gasteiger partial charge in [0.05, 0.1) is 6.61 Å². The number of nitrogens with one attached hydrogen (secondary N) is 2. The van der Waals surface area contributed by atoms with Gasteiger partial charge < -0.3 is 15.4 Å². The number of rotatable bonds is 4. The maximum Gasteiger partial charge on any atom is 0.321 e. The zero-order valence-electron chi connectivity index (χ0n) is 11.6. The summed E-state index contributed by atoms with van der Waals surface area (Å²) < 4.78 is 5.49. The minimum atomic E-state index is -0.0113. The first-order valence-electron chi connectivity index (χ1n) is 7.30. The monoisotopic (exact) mass is 275 g/mol. The molecule has 0 spiro atoms. The third kappa shape index (κ3) is 3.04. The lowest BCUT2D eigenvalue weighted by Gasteiger charge is -2.23. The van der Waals surface area contributed by atoms with E-state index in [1.54, 1.807) is 4.90 Å². The molecule has 3 rings (SSSR count). The number of nitrogens with zero attached hydrogens (tertiary/aromatic N) is 1. The lowest BCUT2D eigenvalue weighted by molar-refractivity contribution is 0.0595. The SMILES string of the molecule is O=C1NCCN1c1cccc(NCC2CCCOC2)c1. The fourth-order valence-corrected chi connectivity index (χ4v) is 2.73. The summed E-state index contributed by atoms with van der Waals surface area (Å²) in [6.45, 7) is 4.13. The molecule has 5 heteroatoms. The van der Waals surface area contributed by atoms with E-state index in [0.717, 1.165) is 50.6 Å². The molecule has 1 aromatic carbocycles. The van der Waals surface area contributed by atoms with Gasteiger partial charge in [0.15, 0.2) is 0 Å². The van der Waals surface area contributed by atoms with Gasteiger partial charge in [-0.1, -0.05) is 6.07 Å². The smallest absolute Gasteiger partial charge is 0.321 e. The molecule has 5 nitrogen and oxygen atoms in total. The minimum absolute atomic E-state index is 0.0113. The Morgan fingerprint density at radius 1 is 1.45 bits per heavy atom. The van der Waals surface area contributed by atoms with Gasteiger partial charge in [-0.25, -0.2) is 4.79 Å². The van der Waals surface area contributed by atoms with Crippen molar-refractivity contribution in [2.24, 2.45) is 5.92 Å². The lowest BCUT2D eigenvalue weighted by atomic mass is 10.0. The maximum atomic E-state index is 11.7. The highest BCUT2D eigenvalue weighted by molar-refractivity contribution is 5.94. The van der Waals surface area contributed by atoms with Gasteiger partial charge in [0.25, 0.3) is 0 Å². The van der Waals surface area contributed by atoms with Gasteiger partial charge in [0, 0.05) is 37.6 Å². The van der Waals surface area contributed by atoms with Crippen LogP contribution in [0.4, 0.5) is 16.2 Å². The number of benzene rings is 1. The second-order valence-electron chi connectivity index (χ2n) is 5.40. The molecule has 1 atom stereocenters. The summed E-state index contributed by atoms with van der Waals surface area (Å²) in [6, 6.07) is 8.03. The Morgan fingerprint density at radius 2 is 2.40 bits per heavy atom. The van der Waals surface area contributed by atoms with Crippen LogP contribution in [0.5, 0.6) is 0 Å². The molecule has 0 radical (unpaired) electrons. The summed E-state index contributed by atoms with van der Waals surface area (Å²) in [7, 11) is 0. The third-order valence-corrected chi connectivity index (χ3v) is 3.86. The van der Waals surface area contributed by atoms with Crippen molar-refractivity contribution in [1.82, 2.24) is 5.32 Å². The zero-order chi connectivity index (χ0) is 13.8. The van der Waals surface area contributed by atoms with Gasteiger partial charge in [-0.2, -0.15) is 0 Å². The van der Waals surface area contributed by atoms with Crippen molar-refractivity contribution in [3.05, 3.63) is 24.3 Å². The van der Waals surface area contributed by atoms with Crippen LogP contribution >= 0.6 is 0 Å². The molecule has 108 valence electrons. The van der Waals surface area contributed by atoms with Crippen LogP contribution in [0.1, 0.15) is 12.8 Å². The van der Waals surface area contributed by atoms with Crippen LogP contribution in [0.3, 0.4) is 0 Å². The van der Waals surface area contributed by atoms with Gasteiger partial charge in [-0.05, 0) is 37.0 Å². The molecular weight excluding hydrogens is 254 g/mol. The Bertz CT molecular complexity index is 472. The molecule has 2 heterocycles. The molecule has 2 amide bonds. The highest BCUT2D eigenvalue weighted by Gasteiger charge is 2.21. The topological polar surface area (TPSA) is 53.6 Å². The normalized spacial score (nSPS) is 22.7. The number of amides is 2. The predicted molar refractivity (Wildman–Crippen MR) is 79.2 cm³/mol. The summed E-state index contributed by atoms with van der Waals surface area (Å²) in [4.78, 5) is 13.4. The van der Waals surface area contributed by atoms with Crippen molar-refractivity contribution in [3.8, 4) is 0 Å². The zero-order valence-corrected chi connectivity index (χ0v) is 11.6. The fourth-order valence-electron chi connectivity index (χ4n) is 2.73. The van der Waals surface area contributed by atoms with E-state index in [1.165, 1.54) is 6.42 Å². The number of ether oxygens (including phenoxy) is 1. The van der Waals surface area contributed by atoms with Crippen molar-refractivity contribution < 1.29 is 9.53 Å². The first-order chi connectivity index (χ1) is 9.83. The number of hydrogen-bond donors (Lipinski definition) is 2. The van der Waals surface area contributed by atoms with Crippen LogP contribution in [0.25, 0.3) is 0 Å². The van der Waals surface area contributed by atoms with Crippen LogP contribution in [0.15, 0.2) is 24.3 Å². The predicted octanol–water partition coefficient (Wildman–Crippen LogP) is 2.05. The molecule has 1 aromatic rings. The van der Waals surface area contributed by atoms with E-state index in [9.17, 15) is 4.79 Å². The van der Waals surface area contributed by atoms with E-state index in [2.05, 4.69) is 10.6 Å². The molecule has 2 saturated heterocycles. The number of carbonyl (C=O) groups excluding carboxylic acids is 1. The molecule has 0 saturated carbocycles. The van der Waals surface area contributed by atoms with E-state index in [0.29, 0.717) is 5.92 Å². The lowest BCUT2D eigenvalue weighted by Crippen LogP contribution is -2.27. The summed E-state index contributed by atoms with van der Waals surface area (Å²) in [6.07, 6.45) is 2.38. The van der Waals surface area contributed by atoms with E-state index < -0.39 is 0 Å². The highest BCUT2D eigenvalue weighted by Crippen LogP contribution is 2.22. The van der Waals surface area contributed by atoms with E-state index in [4.69, 9.17) is 4.74 Å². The Hall–Kier alpha value is -1.75. The molecule has 2 N–H and O–H groups in total. The van der Waals surface area contributed by atoms with Crippen molar-refractivity contribution in [2.45, 2.75) is 12.8 Å². The van der Waals surface area contributed by atoms with Crippen molar-refractivity contribution >= 4 is 17.4 Å². The van der Waals surface area contributed by atoms with Gasteiger partial charge in [0.2, 0.25) is 0 Å². The Kier molecular flexibility index (Phi) is 4.06. The van der Waals surface area contributed by atoms with Gasteiger partial charge in [0.1, 0.15) is 0 Å². The van der Waals surface area contributed by atoms with Crippen LogP contribution < -0.4 is 15.5 Å². The molecule has 2 aliphatic heterocycles. The first kappa shape index (κ1) is 13.2.